The van der Waals surface area contributed by atoms with Gasteiger partial charge in [0.2, 0.25) is 5.65 Å². The van der Waals surface area contributed by atoms with Gasteiger partial charge in [0.1, 0.15) is 5.75 Å². The number of pyridine rings is 1. The smallest absolute Gasteiger partial charge is 0.297 e. The predicted molar refractivity (Wildman–Crippen MR) is 107 cm³/mol. The van der Waals surface area contributed by atoms with Gasteiger partial charge in [-0.3, -0.25) is 0 Å². The Bertz CT molecular complexity index is 943. The number of aryl methyl sites for hydroxylation is 2. The second kappa shape index (κ2) is 7.19. The van der Waals surface area contributed by atoms with Gasteiger partial charge in [-0.05, 0) is 69.1 Å². The van der Waals surface area contributed by atoms with E-state index in [-0.39, 0.29) is 5.75 Å². The van der Waals surface area contributed by atoms with E-state index in [4.69, 9.17) is 4.42 Å². The maximum atomic E-state index is 10.4. The summed E-state index contributed by atoms with van der Waals surface area (Å²) in [5.74, 6) is 0.239. The summed E-state index contributed by atoms with van der Waals surface area (Å²) in [5.41, 5.74) is 4.66. The van der Waals surface area contributed by atoms with E-state index in [0.717, 1.165) is 42.7 Å². The molecule has 1 atom stereocenters. The van der Waals surface area contributed by atoms with E-state index in [1.54, 1.807) is 6.07 Å². The number of nitrogens with zero attached hydrogens (tertiary/aromatic N) is 3. The highest BCUT2D eigenvalue weighted by molar-refractivity contribution is 5.78. The van der Waals surface area contributed by atoms with Gasteiger partial charge < -0.3 is 19.7 Å². The lowest BCUT2D eigenvalue weighted by Gasteiger charge is -2.31. The molecule has 1 saturated heterocycles. The van der Waals surface area contributed by atoms with Crippen LogP contribution < -0.4 is 5.32 Å². The zero-order chi connectivity index (χ0) is 19.0. The number of aromatic nitrogens is 2. The highest BCUT2D eigenvalue weighted by Gasteiger charge is 2.21. The van der Waals surface area contributed by atoms with E-state index in [1.165, 1.54) is 6.42 Å². The summed E-state index contributed by atoms with van der Waals surface area (Å²) in [6.07, 6.45) is 2.30. The van der Waals surface area contributed by atoms with Crippen LogP contribution in [0.15, 0.2) is 28.7 Å². The fourth-order valence-electron chi connectivity index (χ4n) is 3.93. The molecule has 2 aromatic heterocycles. The molecule has 0 spiro atoms. The van der Waals surface area contributed by atoms with Crippen LogP contribution in [0.2, 0.25) is 0 Å². The maximum Gasteiger partial charge on any atom is 0.297 e. The Morgan fingerprint density at radius 3 is 2.89 bits per heavy atom. The maximum absolute atomic E-state index is 10.4. The average Bonchev–Trinajstić information content (AvgIpc) is 3.02. The first-order valence-corrected chi connectivity index (χ1v) is 9.60. The molecule has 3 aromatic rings. The van der Waals surface area contributed by atoms with Gasteiger partial charge in [0.05, 0.1) is 5.69 Å². The Hall–Kier alpha value is -2.60. The van der Waals surface area contributed by atoms with Crippen molar-refractivity contribution in [3.8, 4) is 17.0 Å². The fourth-order valence-corrected chi connectivity index (χ4v) is 3.93. The van der Waals surface area contributed by atoms with Crippen molar-refractivity contribution in [3.05, 3.63) is 35.4 Å². The number of likely N-dealkylation sites (N-methyl/N-ethyl adjacent to an activating group) is 1. The summed E-state index contributed by atoms with van der Waals surface area (Å²) in [5, 5.41) is 13.8. The van der Waals surface area contributed by atoms with Crippen molar-refractivity contribution in [3.63, 3.8) is 0 Å². The number of anilines is 1. The van der Waals surface area contributed by atoms with Crippen molar-refractivity contribution >= 4 is 17.2 Å². The normalized spacial score (nSPS) is 18.1. The summed E-state index contributed by atoms with van der Waals surface area (Å²) in [4.78, 5) is 11.6. The van der Waals surface area contributed by atoms with Crippen LogP contribution in [0.25, 0.3) is 22.5 Å². The van der Waals surface area contributed by atoms with Crippen molar-refractivity contribution < 1.29 is 9.52 Å². The van der Waals surface area contributed by atoms with Gasteiger partial charge in [0, 0.05) is 18.2 Å². The Morgan fingerprint density at radius 2 is 2.11 bits per heavy atom. The predicted octanol–water partition coefficient (Wildman–Crippen LogP) is 4.11. The third kappa shape index (κ3) is 3.62. The van der Waals surface area contributed by atoms with E-state index in [0.29, 0.717) is 29.0 Å². The molecular weight excluding hydrogens is 340 g/mol. The lowest BCUT2D eigenvalue weighted by Crippen LogP contribution is -2.41. The molecule has 142 valence electrons. The largest absolute Gasteiger partial charge is 0.507 e. The van der Waals surface area contributed by atoms with Gasteiger partial charge in [0.25, 0.3) is 6.01 Å². The van der Waals surface area contributed by atoms with Crippen LogP contribution in [-0.4, -0.2) is 45.7 Å². The molecule has 6 nitrogen and oxygen atoms in total. The van der Waals surface area contributed by atoms with Crippen molar-refractivity contribution in [2.45, 2.75) is 39.7 Å². The Balaban J connectivity index is 1.61. The van der Waals surface area contributed by atoms with Crippen LogP contribution in [0.1, 0.15) is 30.9 Å². The van der Waals surface area contributed by atoms with E-state index in [1.807, 2.05) is 32.0 Å². The van der Waals surface area contributed by atoms with E-state index in [2.05, 4.69) is 27.1 Å². The summed E-state index contributed by atoms with van der Waals surface area (Å²) in [7, 11) is 0. The first-order chi connectivity index (χ1) is 13.0. The summed E-state index contributed by atoms with van der Waals surface area (Å²) >= 11 is 0. The van der Waals surface area contributed by atoms with Gasteiger partial charge in [-0.15, -0.1) is 0 Å². The summed E-state index contributed by atoms with van der Waals surface area (Å²) in [6.45, 7) is 9.36. The molecule has 0 aliphatic carbocycles. The lowest BCUT2D eigenvalue weighted by molar-refractivity contribution is 0.225. The first-order valence-electron chi connectivity index (χ1n) is 9.60. The van der Waals surface area contributed by atoms with E-state index in [9.17, 15) is 5.11 Å². The SMILES string of the molecule is CCN1CCC[C@@H](Nc2nc3nc(-c4c(C)cc(C)cc4O)ccc3o2)C1. The monoisotopic (exact) mass is 366 g/mol. The molecule has 0 bridgehead atoms. The number of benzene rings is 1. The number of phenols is 1. The van der Waals surface area contributed by atoms with Crippen LogP contribution in [0.3, 0.4) is 0 Å². The molecule has 4 rings (SSSR count). The van der Waals surface area contributed by atoms with Crippen molar-refractivity contribution in [1.82, 2.24) is 14.9 Å². The number of fused-ring (bicyclic) bond motifs is 1. The van der Waals surface area contributed by atoms with Gasteiger partial charge in [-0.1, -0.05) is 13.0 Å². The minimum atomic E-state index is 0.239. The summed E-state index contributed by atoms with van der Waals surface area (Å²) < 4.78 is 5.84. The van der Waals surface area contributed by atoms with Crippen molar-refractivity contribution in [2.24, 2.45) is 0 Å². The van der Waals surface area contributed by atoms with E-state index >= 15 is 0 Å². The van der Waals surface area contributed by atoms with Crippen molar-refractivity contribution in [1.29, 1.82) is 0 Å². The molecule has 0 unspecified atom stereocenters. The zero-order valence-corrected chi connectivity index (χ0v) is 16.1. The number of oxazole rings is 1. The van der Waals surface area contributed by atoms with E-state index < -0.39 is 0 Å². The molecular formula is C21H26N4O2. The molecule has 0 radical (unpaired) electrons. The highest BCUT2D eigenvalue weighted by Crippen LogP contribution is 2.33. The third-order valence-electron chi connectivity index (χ3n) is 5.25. The number of aromatic hydroxyl groups is 1. The Morgan fingerprint density at radius 1 is 1.26 bits per heavy atom. The second-order valence-electron chi connectivity index (χ2n) is 7.39. The van der Waals surface area contributed by atoms with Gasteiger partial charge in [0.15, 0.2) is 5.58 Å². The first kappa shape index (κ1) is 17.8. The van der Waals surface area contributed by atoms with Crippen LogP contribution in [0.5, 0.6) is 5.75 Å². The lowest BCUT2D eigenvalue weighted by atomic mass is 10.0. The fraction of sp³-hybridized carbons (Fsp3) is 0.429. The number of rotatable bonds is 4. The molecule has 1 fully saturated rings. The number of likely N-dealkylation sites (tertiary alicyclic amines) is 1. The van der Waals surface area contributed by atoms with Crippen molar-refractivity contribution in [2.75, 3.05) is 25.0 Å². The Kier molecular flexibility index (Phi) is 4.74. The van der Waals surface area contributed by atoms with Crippen LogP contribution in [-0.2, 0) is 0 Å². The Labute approximate surface area is 159 Å². The molecule has 27 heavy (non-hydrogen) atoms. The number of hydrogen-bond acceptors (Lipinski definition) is 6. The van der Waals surface area contributed by atoms with Gasteiger partial charge in [-0.2, -0.15) is 4.98 Å². The topological polar surface area (TPSA) is 74.4 Å². The molecule has 1 aliphatic heterocycles. The number of piperidine rings is 1. The quantitative estimate of drug-likeness (QED) is 0.724. The van der Waals surface area contributed by atoms with Crippen LogP contribution in [0, 0.1) is 13.8 Å². The number of hydrogen-bond donors (Lipinski definition) is 2. The minimum Gasteiger partial charge on any atom is -0.507 e. The van der Waals surface area contributed by atoms with Gasteiger partial charge >= 0.3 is 0 Å². The van der Waals surface area contributed by atoms with Crippen LogP contribution in [0.4, 0.5) is 6.01 Å². The molecule has 0 amide bonds. The minimum absolute atomic E-state index is 0.239. The number of nitrogens with one attached hydrogen (secondary N) is 1. The second-order valence-corrected chi connectivity index (χ2v) is 7.39. The summed E-state index contributed by atoms with van der Waals surface area (Å²) in [6, 6.07) is 8.39. The molecule has 6 heteroatoms. The average molecular weight is 366 g/mol. The zero-order valence-electron chi connectivity index (χ0n) is 16.1. The highest BCUT2D eigenvalue weighted by atomic mass is 16.4. The molecule has 2 N–H and O–H groups in total. The molecule has 3 heterocycles. The number of phenolic OH excluding ortho intramolecular Hbond substituents is 1. The molecule has 1 aliphatic rings. The molecule has 0 saturated carbocycles. The van der Waals surface area contributed by atoms with Gasteiger partial charge in [-0.25, -0.2) is 4.98 Å². The standard InChI is InChI=1S/C21H26N4O2/c1-4-25-9-5-6-15(12-25)22-21-24-20-18(27-21)8-7-16(23-20)19-14(3)10-13(2)11-17(19)26/h7-8,10-11,15,26H,4-6,9,12H2,1-3H3,(H,22,23,24)/t15-/m1/s1. The third-order valence-corrected chi connectivity index (χ3v) is 5.25. The molecule has 1 aromatic carbocycles. The van der Waals surface area contributed by atoms with Crippen LogP contribution >= 0.6 is 0 Å².